The summed E-state index contributed by atoms with van der Waals surface area (Å²) in [4.78, 5) is 1.66. The molecule has 7 heteroatoms. The third-order valence-corrected chi connectivity index (χ3v) is 3.66. The number of hydrogen-bond acceptors (Lipinski definition) is 5. The maximum Gasteiger partial charge on any atom is 0.296 e. The van der Waals surface area contributed by atoms with E-state index >= 15 is 0 Å². The van der Waals surface area contributed by atoms with Gasteiger partial charge in [0.25, 0.3) is 10.1 Å². The topological polar surface area (TPSA) is 82.3 Å². The molecule has 110 valence electrons. The number of rotatable bonds is 4. The SMILES string of the molecule is CN(C)c1cccc(N=Nc2ccccc2S(=O)(=O)O)c1. The fourth-order valence-electron chi connectivity index (χ4n) is 1.70. The Morgan fingerprint density at radius 2 is 1.71 bits per heavy atom. The first-order chi connectivity index (χ1) is 9.88. The van der Waals surface area contributed by atoms with E-state index in [9.17, 15) is 8.42 Å². The summed E-state index contributed by atoms with van der Waals surface area (Å²) in [5.74, 6) is 0. The number of anilines is 1. The lowest BCUT2D eigenvalue weighted by Gasteiger charge is -2.11. The normalized spacial score (nSPS) is 11.8. The Morgan fingerprint density at radius 1 is 1.00 bits per heavy atom. The van der Waals surface area contributed by atoms with Crippen LogP contribution in [0.1, 0.15) is 0 Å². The minimum absolute atomic E-state index is 0.0928. The van der Waals surface area contributed by atoms with Crippen molar-refractivity contribution in [1.29, 1.82) is 0 Å². The number of hydrogen-bond donors (Lipinski definition) is 1. The Labute approximate surface area is 123 Å². The summed E-state index contributed by atoms with van der Waals surface area (Å²) in [6.45, 7) is 0. The summed E-state index contributed by atoms with van der Waals surface area (Å²) < 4.78 is 31.7. The van der Waals surface area contributed by atoms with Crippen LogP contribution in [0.4, 0.5) is 17.1 Å². The van der Waals surface area contributed by atoms with Crippen molar-refractivity contribution in [3.8, 4) is 0 Å². The third-order valence-electron chi connectivity index (χ3n) is 2.76. The van der Waals surface area contributed by atoms with Crippen LogP contribution in [0.2, 0.25) is 0 Å². The second-order valence-corrected chi connectivity index (χ2v) is 5.95. The van der Waals surface area contributed by atoms with Gasteiger partial charge < -0.3 is 4.90 Å². The summed E-state index contributed by atoms with van der Waals surface area (Å²) in [7, 11) is -0.508. The van der Waals surface area contributed by atoms with Gasteiger partial charge in [0.15, 0.2) is 0 Å². The maximum absolute atomic E-state index is 11.3. The lowest BCUT2D eigenvalue weighted by Crippen LogP contribution is -2.07. The fourth-order valence-corrected chi connectivity index (χ4v) is 2.33. The molecule has 6 nitrogen and oxygen atoms in total. The van der Waals surface area contributed by atoms with Crippen molar-refractivity contribution in [1.82, 2.24) is 0 Å². The van der Waals surface area contributed by atoms with Gasteiger partial charge in [-0.05, 0) is 30.3 Å². The van der Waals surface area contributed by atoms with E-state index in [1.807, 2.05) is 37.2 Å². The van der Waals surface area contributed by atoms with Crippen LogP contribution in [-0.4, -0.2) is 27.1 Å². The summed E-state index contributed by atoms with van der Waals surface area (Å²) >= 11 is 0. The molecule has 0 heterocycles. The molecule has 0 spiro atoms. The van der Waals surface area contributed by atoms with E-state index in [-0.39, 0.29) is 10.6 Å². The molecular weight excluding hydrogens is 290 g/mol. The zero-order chi connectivity index (χ0) is 15.5. The highest BCUT2D eigenvalue weighted by molar-refractivity contribution is 7.86. The summed E-state index contributed by atoms with van der Waals surface area (Å²) in [5.41, 5.74) is 1.64. The molecule has 2 rings (SSSR count). The van der Waals surface area contributed by atoms with E-state index in [1.165, 1.54) is 18.2 Å². The standard InChI is InChI=1S/C14H15N3O3S/c1-17(2)12-7-5-6-11(10-12)15-16-13-8-3-4-9-14(13)21(18,19)20/h3-10H,1-2H3,(H,18,19,20). The molecule has 0 aliphatic rings. The predicted molar refractivity (Wildman–Crippen MR) is 81.2 cm³/mol. The van der Waals surface area contributed by atoms with Gasteiger partial charge in [-0.25, -0.2) is 0 Å². The Morgan fingerprint density at radius 3 is 2.38 bits per heavy atom. The first-order valence-electron chi connectivity index (χ1n) is 6.13. The van der Waals surface area contributed by atoms with Crippen LogP contribution in [0, 0.1) is 0 Å². The molecule has 0 saturated heterocycles. The molecule has 0 bridgehead atoms. The fraction of sp³-hybridized carbons (Fsp3) is 0.143. The number of nitrogens with zero attached hydrogens (tertiary/aromatic N) is 3. The number of benzene rings is 2. The van der Waals surface area contributed by atoms with Crippen molar-refractivity contribution < 1.29 is 13.0 Å². The van der Waals surface area contributed by atoms with Crippen LogP contribution in [0.3, 0.4) is 0 Å². The number of azo groups is 1. The lowest BCUT2D eigenvalue weighted by molar-refractivity contribution is 0.483. The minimum Gasteiger partial charge on any atom is -0.378 e. The monoisotopic (exact) mass is 305 g/mol. The van der Waals surface area contributed by atoms with Crippen molar-refractivity contribution in [2.24, 2.45) is 10.2 Å². The zero-order valence-electron chi connectivity index (χ0n) is 11.6. The average molecular weight is 305 g/mol. The third kappa shape index (κ3) is 3.87. The van der Waals surface area contributed by atoms with Crippen LogP contribution in [0.15, 0.2) is 63.7 Å². The van der Waals surface area contributed by atoms with E-state index in [4.69, 9.17) is 4.55 Å². The molecule has 0 fully saturated rings. The second-order valence-electron chi connectivity index (χ2n) is 4.56. The Balaban J connectivity index is 2.37. The molecule has 0 atom stereocenters. The highest BCUT2D eigenvalue weighted by Gasteiger charge is 2.14. The molecule has 0 aromatic heterocycles. The predicted octanol–water partition coefficient (Wildman–Crippen LogP) is 3.41. The Kier molecular flexibility index (Phi) is 4.35. The van der Waals surface area contributed by atoms with Crippen molar-refractivity contribution >= 4 is 27.2 Å². The lowest BCUT2D eigenvalue weighted by atomic mass is 10.3. The van der Waals surface area contributed by atoms with Crippen LogP contribution >= 0.6 is 0 Å². The summed E-state index contributed by atoms with van der Waals surface area (Å²) in [6, 6.07) is 13.2. The van der Waals surface area contributed by atoms with Crippen LogP contribution in [0.5, 0.6) is 0 Å². The molecule has 2 aromatic carbocycles. The van der Waals surface area contributed by atoms with Crippen LogP contribution in [0.25, 0.3) is 0 Å². The summed E-state index contributed by atoms with van der Waals surface area (Å²) in [6.07, 6.45) is 0. The smallest absolute Gasteiger partial charge is 0.296 e. The van der Waals surface area contributed by atoms with Crippen molar-refractivity contribution in [2.75, 3.05) is 19.0 Å². The van der Waals surface area contributed by atoms with Crippen molar-refractivity contribution in [3.63, 3.8) is 0 Å². The Bertz CT molecular complexity index is 771. The molecule has 0 aliphatic heterocycles. The van der Waals surface area contributed by atoms with Gasteiger partial charge in [0.1, 0.15) is 10.6 Å². The largest absolute Gasteiger partial charge is 0.378 e. The van der Waals surface area contributed by atoms with Gasteiger partial charge in [-0.15, -0.1) is 5.11 Å². The molecular formula is C14H15N3O3S. The van der Waals surface area contributed by atoms with Crippen LogP contribution < -0.4 is 4.90 Å². The van der Waals surface area contributed by atoms with Crippen LogP contribution in [-0.2, 0) is 10.1 Å². The molecule has 0 aliphatic carbocycles. The highest BCUT2D eigenvalue weighted by Crippen LogP contribution is 2.27. The highest BCUT2D eigenvalue weighted by atomic mass is 32.2. The first-order valence-corrected chi connectivity index (χ1v) is 7.57. The molecule has 0 amide bonds. The molecule has 2 aromatic rings. The zero-order valence-corrected chi connectivity index (χ0v) is 12.4. The van der Waals surface area contributed by atoms with Gasteiger partial charge in [0.2, 0.25) is 0 Å². The average Bonchev–Trinajstić information content (AvgIpc) is 2.45. The minimum atomic E-state index is -4.32. The molecule has 0 unspecified atom stereocenters. The maximum atomic E-state index is 11.3. The van der Waals surface area contributed by atoms with E-state index in [0.717, 1.165) is 5.69 Å². The van der Waals surface area contributed by atoms with E-state index in [0.29, 0.717) is 5.69 Å². The van der Waals surface area contributed by atoms with E-state index in [1.54, 1.807) is 12.1 Å². The van der Waals surface area contributed by atoms with E-state index < -0.39 is 10.1 Å². The quantitative estimate of drug-likeness (QED) is 0.693. The second kappa shape index (κ2) is 6.02. The molecule has 0 saturated carbocycles. The molecule has 21 heavy (non-hydrogen) atoms. The van der Waals surface area contributed by atoms with Gasteiger partial charge in [-0.1, -0.05) is 18.2 Å². The van der Waals surface area contributed by atoms with Gasteiger partial charge in [0, 0.05) is 19.8 Å². The summed E-state index contributed by atoms with van der Waals surface area (Å²) in [5, 5.41) is 7.93. The molecule has 1 N–H and O–H groups in total. The van der Waals surface area contributed by atoms with Crippen molar-refractivity contribution in [3.05, 3.63) is 48.5 Å². The van der Waals surface area contributed by atoms with Gasteiger partial charge >= 0.3 is 0 Å². The molecule has 0 radical (unpaired) electrons. The first kappa shape index (κ1) is 15.1. The van der Waals surface area contributed by atoms with E-state index in [2.05, 4.69) is 10.2 Å². The van der Waals surface area contributed by atoms with Crippen molar-refractivity contribution in [2.45, 2.75) is 4.90 Å². The Hall–Kier alpha value is -2.25. The van der Waals surface area contributed by atoms with Gasteiger partial charge in [0.05, 0.1) is 5.69 Å². The van der Waals surface area contributed by atoms with Gasteiger partial charge in [-0.3, -0.25) is 4.55 Å². The van der Waals surface area contributed by atoms with Gasteiger partial charge in [-0.2, -0.15) is 13.5 Å².